The van der Waals surface area contributed by atoms with Crippen LogP contribution in [0.2, 0.25) is 0 Å². The first kappa shape index (κ1) is 16.6. The number of likely N-dealkylation sites (tertiary alicyclic amines) is 1. The van der Waals surface area contributed by atoms with Gasteiger partial charge < -0.3 is 9.09 Å². The lowest BCUT2D eigenvalue weighted by atomic mass is 9.95. The minimum absolute atomic E-state index is 0.468. The Morgan fingerprint density at radius 2 is 1.96 bits per heavy atom. The highest BCUT2D eigenvalue weighted by Gasteiger charge is 2.33. The SMILES string of the molecule is Cc1cc(CN2CCC(c3nnc(Cn4cncn4)n3C3CC3)CC2)on1. The van der Waals surface area contributed by atoms with E-state index in [9.17, 15) is 0 Å². The molecule has 3 aromatic heterocycles. The van der Waals surface area contributed by atoms with E-state index in [1.54, 1.807) is 12.7 Å². The van der Waals surface area contributed by atoms with Gasteiger partial charge >= 0.3 is 0 Å². The molecule has 4 heterocycles. The number of nitrogens with zero attached hydrogens (tertiary/aromatic N) is 8. The van der Waals surface area contributed by atoms with Crippen LogP contribution in [0.4, 0.5) is 0 Å². The molecule has 0 spiro atoms. The van der Waals surface area contributed by atoms with E-state index in [4.69, 9.17) is 4.52 Å². The van der Waals surface area contributed by atoms with Gasteiger partial charge in [0.15, 0.2) is 11.6 Å². The van der Waals surface area contributed by atoms with Gasteiger partial charge in [-0.1, -0.05) is 5.16 Å². The second-order valence-electron chi connectivity index (χ2n) is 7.65. The Bertz CT molecular complexity index is 887. The lowest BCUT2D eigenvalue weighted by Crippen LogP contribution is -2.33. The summed E-state index contributed by atoms with van der Waals surface area (Å²) in [4.78, 5) is 6.46. The average Bonchev–Trinajstić information content (AvgIpc) is 3.05. The van der Waals surface area contributed by atoms with Gasteiger partial charge in [0, 0.05) is 18.0 Å². The van der Waals surface area contributed by atoms with E-state index in [1.807, 2.05) is 17.7 Å². The normalized spacial score (nSPS) is 19.0. The largest absolute Gasteiger partial charge is 0.360 e. The number of piperidine rings is 1. The fourth-order valence-corrected chi connectivity index (χ4v) is 3.97. The maximum atomic E-state index is 5.36. The van der Waals surface area contributed by atoms with Gasteiger partial charge in [-0.25, -0.2) is 9.67 Å². The van der Waals surface area contributed by atoms with Gasteiger partial charge in [0.2, 0.25) is 0 Å². The molecule has 3 aromatic rings. The van der Waals surface area contributed by atoms with Crippen LogP contribution in [-0.2, 0) is 13.1 Å². The van der Waals surface area contributed by atoms with Crippen LogP contribution in [0.3, 0.4) is 0 Å². The van der Waals surface area contributed by atoms with E-state index >= 15 is 0 Å². The molecule has 0 aromatic carbocycles. The van der Waals surface area contributed by atoms with Crippen LogP contribution >= 0.6 is 0 Å². The summed E-state index contributed by atoms with van der Waals surface area (Å²) in [5.41, 5.74) is 0.942. The molecule has 0 radical (unpaired) electrons. The summed E-state index contributed by atoms with van der Waals surface area (Å²) in [6, 6.07) is 2.58. The number of aryl methyl sites for hydroxylation is 1. The first-order valence-electron chi connectivity index (χ1n) is 9.67. The quantitative estimate of drug-likeness (QED) is 0.656. The molecule has 0 N–H and O–H groups in total. The summed E-state index contributed by atoms with van der Waals surface area (Å²) in [5.74, 6) is 3.57. The third kappa shape index (κ3) is 3.51. The molecule has 0 amide bonds. The molecule has 0 atom stereocenters. The molecule has 27 heavy (non-hydrogen) atoms. The number of hydrogen-bond donors (Lipinski definition) is 0. The maximum absolute atomic E-state index is 5.36. The van der Waals surface area contributed by atoms with Crippen LogP contribution in [0.25, 0.3) is 0 Å². The van der Waals surface area contributed by atoms with E-state index in [-0.39, 0.29) is 0 Å². The lowest BCUT2D eigenvalue weighted by molar-refractivity contribution is 0.180. The Kier molecular flexibility index (Phi) is 4.23. The van der Waals surface area contributed by atoms with E-state index in [0.717, 1.165) is 55.6 Å². The first-order valence-corrected chi connectivity index (χ1v) is 9.67. The Balaban J connectivity index is 1.27. The molecule has 0 bridgehead atoms. The lowest BCUT2D eigenvalue weighted by Gasteiger charge is -2.31. The molecule has 5 rings (SSSR count). The molecule has 1 aliphatic heterocycles. The Labute approximate surface area is 157 Å². The Morgan fingerprint density at radius 1 is 1.11 bits per heavy atom. The first-order chi connectivity index (χ1) is 13.3. The highest BCUT2D eigenvalue weighted by molar-refractivity contribution is 5.09. The minimum atomic E-state index is 0.468. The second-order valence-corrected chi connectivity index (χ2v) is 7.65. The van der Waals surface area contributed by atoms with Crippen LogP contribution in [0, 0.1) is 6.92 Å². The molecule has 142 valence electrons. The van der Waals surface area contributed by atoms with Crippen molar-refractivity contribution in [1.29, 1.82) is 0 Å². The van der Waals surface area contributed by atoms with E-state index in [0.29, 0.717) is 18.5 Å². The maximum Gasteiger partial charge on any atom is 0.155 e. The van der Waals surface area contributed by atoms with Crippen molar-refractivity contribution in [1.82, 2.24) is 39.6 Å². The molecule has 9 nitrogen and oxygen atoms in total. The summed E-state index contributed by atoms with van der Waals surface area (Å²) in [5, 5.41) is 17.3. The van der Waals surface area contributed by atoms with E-state index in [1.165, 1.54) is 12.8 Å². The third-order valence-corrected chi connectivity index (χ3v) is 5.48. The van der Waals surface area contributed by atoms with Crippen molar-refractivity contribution < 1.29 is 4.52 Å². The van der Waals surface area contributed by atoms with Crippen molar-refractivity contribution in [2.75, 3.05) is 13.1 Å². The fourth-order valence-electron chi connectivity index (χ4n) is 3.97. The fraction of sp³-hybridized carbons (Fsp3) is 0.611. The second kappa shape index (κ2) is 6.88. The van der Waals surface area contributed by atoms with Crippen molar-refractivity contribution in [2.45, 2.75) is 57.7 Å². The van der Waals surface area contributed by atoms with Crippen LogP contribution in [0.5, 0.6) is 0 Å². The smallest absolute Gasteiger partial charge is 0.155 e. The van der Waals surface area contributed by atoms with Gasteiger partial charge in [-0.05, 0) is 45.7 Å². The highest BCUT2D eigenvalue weighted by Crippen LogP contribution is 2.40. The molecule has 1 aliphatic carbocycles. The van der Waals surface area contributed by atoms with E-state index in [2.05, 4.69) is 34.9 Å². The van der Waals surface area contributed by atoms with Gasteiger partial charge in [-0.3, -0.25) is 4.90 Å². The molecule has 1 saturated carbocycles. The predicted octanol–water partition coefficient (Wildman–Crippen LogP) is 1.93. The molecule has 1 saturated heterocycles. The molecular weight excluding hydrogens is 344 g/mol. The summed E-state index contributed by atoms with van der Waals surface area (Å²) in [7, 11) is 0. The monoisotopic (exact) mass is 368 g/mol. The van der Waals surface area contributed by atoms with Gasteiger partial charge in [-0.15, -0.1) is 10.2 Å². The molecule has 2 aliphatic rings. The zero-order chi connectivity index (χ0) is 18.2. The number of rotatable bonds is 6. The summed E-state index contributed by atoms with van der Waals surface area (Å²) in [6.45, 7) is 5.51. The highest BCUT2D eigenvalue weighted by atomic mass is 16.5. The molecule has 9 heteroatoms. The van der Waals surface area contributed by atoms with Gasteiger partial charge in [0.05, 0.1) is 12.2 Å². The zero-order valence-corrected chi connectivity index (χ0v) is 15.5. The van der Waals surface area contributed by atoms with Crippen molar-refractivity contribution in [2.24, 2.45) is 0 Å². The summed E-state index contributed by atoms with van der Waals surface area (Å²) < 4.78 is 9.55. The van der Waals surface area contributed by atoms with E-state index < -0.39 is 0 Å². The summed E-state index contributed by atoms with van der Waals surface area (Å²) in [6.07, 6.45) is 7.93. The Hall–Kier alpha value is -2.55. The Morgan fingerprint density at radius 3 is 2.63 bits per heavy atom. The van der Waals surface area contributed by atoms with Crippen molar-refractivity contribution >= 4 is 0 Å². The number of hydrogen-bond acceptors (Lipinski definition) is 7. The predicted molar refractivity (Wildman–Crippen MR) is 95.9 cm³/mol. The molecular formula is C18H24N8O. The standard InChI is InChI=1S/C18H24N8O/c1-13-8-16(27-23-13)9-24-6-4-14(5-7-24)18-22-21-17(26(18)15-2-3-15)10-25-12-19-11-20-25/h8,11-12,14-15H,2-7,9-10H2,1H3. The van der Waals surface area contributed by atoms with Crippen LogP contribution in [0.1, 0.15) is 60.7 Å². The van der Waals surface area contributed by atoms with Crippen molar-refractivity contribution in [3.8, 4) is 0 Å². The van der Waals surface area contributed by atoms with Gasteiger partial charge in [0.25, 0.3) is 0 Å². The average molecular weight is 368 g/mol. The zero-order valence-electron chi connectivity index (χ0n) is 15.5. The summed E-state index contributed by atoms with van der Waals surface area (Å²) >= 11 is 0. The van der Waals surface area contributed by atoms with Gasteiger partial charge in [-0.2, -0.15) is 5.10 Å². The molecule has 0 unspecified atom stereocenters. The van der Waals surface area contributed by atoms with Crippen LogP contribution in [0.15, 0.2) is 23.2 Å². The number of aromatic nitrogens is 7. The van der Waals surface area contributed by atoms with Crippen molar-refractivity contribution in [3.05, 3.63) is 41.8 Å². The van der Waals surface area contributed by atoms with Gasteiger partial charge in [0.1, 0.15) is 25.0 Å². The molecule has 2 fully saturated rings. The van der Waals surface area contributed by atoms with Crippen molar-refractivity contribution in [3.63, 3.8) is 0 Å². The van der Waals surface area contributed by atoms with Crippen LogP contribution in [-0.4, -0.2) is 52.7 Å². The van der Waals surface area contributed by atoms with Crippen LogP contribution < -0.4 is 0 Å². The topological polar surface area (TPSA) is 90.7 Å². The third-order valence-electron chi connectivity index (χ3n) is 5.48. The minimum Gasteiger partial charge on any atom is -0.360 e.